The molecule has 0 spiro atoms. The van der Waals surface area contributed by atoms with Gasteiger partial charge in [0.25, 0.3) is 0 Å². The second-order valence-corrected chi connectivity index (χ2v) is 3.99. The molecular weight excluding hydrogens is 179 g/mol. The minimum atomic E-state index is -0.421. The third-order valence-corrected chi connectivity index (χ3v) is 2.98. The lowest BCUT2D eigenvalue weighted by Crippen LogP contribution is -2.30. The van der Waals surface area contributed by atoms with E-state index in [0.717, 1.165) is 11.6 Å². The molecule has 14 heavy (non-hydrogen) atoms. The Morgan fingerprint density at radius 3 is 2.93 bits per heavy atom. The maximum Gasteiger partial charge on any atom is 0.214 e. The van der Waals surface area contributed by atoms with Crippen molar-refractivity contribution >= 4 is 5.69 Å². The van der Waals surface area contributed by atoms with Gasteiger partial charge in [-0.25, -0.2) is 4.98 Å². The number of halogens is 1. The highest BCUT2D eigenvalue weighted by molar-refractivity contribution is 5.42. The summed E-state index contributed by atoms with van der Waals surface area (Å²) in [6.45, 7) is 2.15. The van der Waals surface area contributed by atoms with E-state index in [1.807, 2.05) is 0 Å². The summed E-state index contributed by atoms with van der Waals surface area (Å²) in [6.07, 6.45) is 5.41. The van der Waals surface area contributed by atoms with Crippen molar-refractivity contribution in [3.05, 3.63) is 24.3 Å². The first-order valence-corrected chi connectivity index (χ1v) is 5.14. The van der Waals surface area contributed by atoms with Crippen molar-refractivity contribution in [1.29, 1.82) is 0 Å². The summed E-state index contributed by atoms with van der Waals surface area (Å²) in [5, 5.41) is 3.30. The van der Waals surface area contributed by atoms with E-state index < -0.39 is 5.95 Å². The van der Waals surface area contributed by atoms with Gasteiger partial charge in [0.2, 0.25) is 5.95 Å². The van der Waals surface area contributed by atoms with Crippen LogP contribution in [0.1, 0.15) is 26.2 Å². The molecule has 1 atom stereocenters. The summed E-state index contributed by atoms with van der Waals surface area (Å²) < 4.78 is 12.8. The molecule has 1 aromatic heterocycles. The van der Waals surface area contributed by atoms with E-state index in [1.54, 1.807) is 6.07 Å². The van der Waals surface area contributed by atoms with E-state index in [4.69, 9.17) is 0 Å². The maximum atomic E-state index is 12.8. The zero-order chi connectivity index (χ0) is 9.97. The molecule has 1 N–H and O–H groups in total. The van der Waals surface area contributed by atoms with E-state index in [2.05, 4.69) is 17.2 Å². The Bertz CT molecular complexity index is 310. The molecule has 0 radical (unpaired) electrons. The van der Waals surface area contributed by atoms with Crippen molar-refractivity contribution in [3.63, 3.8) is 0 Å². The molecule has 1 saturated carbocycles. The van der Waals surface area contributed by atoms with Crippen molar-refractivity contribution in [2.75, 3.05) is 5.32 Å². The average Bonchev–Trinajstić information content (AvgIpc) is 1.99. The SMILES string of the molecule is CC(Nc1ccnc(F)c1)C1CCC1. The lowest BCUT2D eigenvalue weighted by atomic mass is 9.80. The van der Waals surface area contributed by atoms with E-state index in [-0.39, 0.29) is 0 Å². The summed E-state index contributed by atoms with van der Waals surface area (Å²) in [5.41, 5.74) is 0.830. The monoisotopic (exact) mass is 194 g/mol. The second-order valence-electron chi connectivity index (χ2n) is 3.99. The minimum Gasteiger partial charge on any atom is -0.382 e. The molecule has 76 valence electrons. The minimum absolute atomic E-state index is 0.421. The third kappa shape index (κ3) is 2.03. The van der Waals surface area contributed by atoms with Crippen LogP contribution in [0.15, 0.2) is 18.3 Å². The molecule has 3 heteroatoms. The molecule has 0 saturated heterocycles. The van der Waals surface area contributed by atoms with Crippen LogP contribution in [0.3, 0.4) is 0 Å². The molecule has 0 aromatic carbocycles. The largest absolute Gasteiger partial charge is 0.382 e. The number of rotatable bonds is 3. The van der Waals surface area contributed by atoms with Crippen LogP contribution in [-0.2, 0) is 0 Å². The fourth-order valence-corrected chi connectivity index (χ4v) is 1.81. The highest BCUT2D eigenvalue weighted by Crippen LogP contribution is 2.30. The van der Waals surface area contributed by atoms with Gasteiger partial charge in [-0.1, -0.05) is 6.42 Å². The normalized spacial score (nSPS) is 18.7. The van der Waals surface area contributed by atoms with Crippen LogP contribution in [0.2, 0.25) is 0 Å². The second kappa shape index (κ2) is 3.95. The number of nitrogens with one attached hydrogen (secondary N) is 1. The summed E-state index contributed by atoms with van der Waals surface area (Å²) in [6, 6.07) is 3.68. The van der Waals surface area contributed by atoms with Crippen molar-refractivity contribution in [1.82, 2.24) is 4.98 Å². The van der Waals surface area contributed by atoms with Crippen LogP contribution < -0.4 is 5.32 Å². The van der Waals surface area contributed by atoms with Gasteiger partial charge < -0.3 is 5.32 Å². The van der Waals surface area contributed by atoms with Crippen LogP contribution in [-0.4, -0.2) is 11.0 Å². The van der Waals surface area contributed by atoms with Crippen molar-refractivity contribution < 1.29 is 4.39 Å². The quantitative estimate of drug-likeness (QED) is 0.748. The molecule has 1 heterocycles. The first-order valence-electron chi connectivity index (χ1n) is 5.14. The predicted molar refractivity (Wildman–Crippen MR) is 54.6 cm³/mol. The molecule has 1 aromatic rings. The molecule has 1 aliphatic rings. The van der Waals surface area contributed by atoms with Crippen LogP contribution in [0.25, 0.3) is 0 Å². The summed E-state index contributed by atoms with van der Waals surface area (Å²) in [7, 11) is 0. The van der Waals surface area contributed by atoms with Crippen molar-refractivity contribution in [3.8, 4) is 0 Å². The number of nitrogens with zero attached hydrogens (tertiary/aromatic N) is 1. The van der Waals surface area contributed by atoms with Crippen molar-refractivity contribution in [2.24, 2.45) is 5.92 Å². The highest BCUT2D eigenvalue weighted by atomic mass is 19.1. The number of pyridine rings is 1. The zero-order valence-electron chi connectivity index (χ0n) is 8.33. The smallest absolute Gasteiger partial charge is 0.214 e. The first kappa shape index (κ1) is 9.44. The van der Waals surface area contributed by atoms with Gasteiger partial charge in [0, 0.05) is 24.0 Å². The van der Waals surface area contributed by atoms with Crippen LogP contribution in [0.5, 0.6) is 0 Å². The van der Waals surface area contributed by atoms with Gasteiger partial charge in [-0.05, 0) is 31.7 Å². The van der Waals surface area contributed by atoms with Gasteiger partial charge in [0.05, 0.1) is 0 Å². The Kier molecular flexibility index (Phi) is 2.66. The van der Waals surface area contributed by atoms with Gasteiger partial charge in [-0.2, -0.15) is 4.39 Å². The Hall–Kier alpha value is -1.12. The first-order chi connectivity index (χ1) is 6.75. The van der Waals surface area contributed by atoms with Crippen molar-refractivity contribution in [2.45, 2.75) is 32.2 Å². The van der Waals surface area contributed by atoms with E-state index >= 15 is 0 Å². The molecule has 0 aliphatic heterocycles. The van der Waals surface area contributed by atoms with E-state index in [9.17, 15) is 4.39 Å². The average molecular weight is 194 g/mol. The van der Waals surface area contributed by atoms with Gasteiger partial charge in [-0.3, -0.25) is 0 Å². The molecule has 1 unspecified atom stereocenters. The molecule has 1 aliphatic carbocycles. The van der Waals surface area contributed by atoms with Crippen LogP contribution in [0, 0.1) is 11.9 Å². The third-order valence-electron chi connectivity index (χ3n) is 2.98. The van der Waals surface area contributed by atoms with Gasteiger partial charge in [-0.15, -0.1) is 0 Å². The number of aromatic nitrogens is 1. The number of hydrogen-bond acceptors (Lipinski definition) is 2. The molecule has 0 amide bonds. The van der Waals surface area contributed by atoms with Crippen LogP contribution in [0.4, 0.5) is 10.1 Å². The molecule has 2 rings (SSSR count). The number of hydrogen-bond donors (Lipinski definition) is 1. The topological polar surface area (TPSA) is 24.9 Å². The lowest BCUT2D eigenvalue weighted by molar-refractivity contribution is 0.285. The Labute approximate surface area is 83.6 Å². The Morgan fingerprint density at radius 1 is 1.57 bits per heavy atom. The standard InChI is InChI=1S/C11H15FN2/c1-8(9-3-2-4-9)14-10-5-6-13-11(12)7-10/h5-9H,2-4H2,1H3,(H,13,14). The molecule has 2 nitrogen and oxygen atoms in total. The fourth-order valence-electron chi connectivity index (χ4n) is 1.81. The van der Waals surface area contributed by atoms with Gasteiger partial charge in [0.1, 0.15) is 0 Å². The van der Waals surface area contributed by atoms with E-state index in [0.29, 0.717) is 6.04 Å². The molecule has 1 fully saturated rings. The summed E-state index contributed by atoms with van der Waals surface area (Å²) in [4.78, 5) is 3.52. The highest BCUT2D eigenvalue weighted by Gasteiger charge is 2.23. The zero-order valence-corrected chi connectivity index (χ0v) is 8.33. The van der Waals surface area contributed by atoms with Gasteiger partial charge in [0.15, 0.2) is 0 Å². The van der Waals surface area contributed by atoms with E-state index in [1.165, 1.54) is 31.5 Å². The summed E-state index contributed by atoms with van der Waals surface area (Å²) in [5.74, 6) is 0.335. The molecule has 0 bridgehead atoms. The Balaban J connectivity index is 1.95. The number of anilines is 1. The van der Waals surface area contributed by atoms with Gasteiger partial charge >= 0.3 is 0 Å². The fraction of sp³-hybridized carbons (Fsp3) is 0.545. The lowest BCUT2D eigenvalue weighted by Gasteiger charge is -2.32. The maximum absolute atomic E-state index is 12.8. The summed E-state index contributed by atoms with van der Waals surface area (Å²) >= 11 is 0. The predicted octanol–water partition coefficient (Wildman–Crippen LogP) is 2.82. The Morgan fingerprint density at radius 2 is 2.36 bits per heavy atom. The molecular formula is C11H15FN2. The van der Waals surface area contributed by atoms with Crippen LogP contribution >= 0.6 is 0 Å².